The van der Waals surface area contributed by atoms with Crippen molar-refractivity contribution in [2.45, 2.75) is 71.4 Å². The van der Waals surface area contributed by atoms with Gasteiger partial charge in [0, 0.05) is 34.7 Å². The molecule has 1 aromatic heterocycles. The van der Waals surface area contributed by atoms with Gasteiger partial charge in [0.05, 0.1) is 38.3 Å². The van der Waals surface area contributed by atoms with Crippen LogP contribution in [0.2, 0.25) is 0 Å². The fourth-order valence-electron chi connectivity index (χ4n) is 6.29. The molecule has 1 fully saturated rings. The van der Waals surface area contributed by atoms with Gasteiger partial charge in [0.15, 0.2) is 5.13 Å². The first-order valence-corrected chi connectivity index (χ1v) is 13.4. The number of aromatic nitrogens is 1. The van der Waals surface area contributed by atoms with Crippen molar-refractivity contribution < 1.29 is 24.5 Å². The van der Waals surface area contributed by atoms with Gasteiger partial charge in [-0.2, -0.15) is 0 Å². The third-order valence-electron chi connectivity index (χ3n) is 8.38. The molecule has 0 spiro atoms. The zero-order chi connectivity index (χ0) is 26.3. The third kappa shape index (κ3) is 4.68. The molecule has 4 rings (SSSR count). The molecule has 4 N–H and O–H groups in total. The molecule has 0 aliphatic heterocycles. The molecule has 9 heteroatoms. The number of rotatable bonds is 8. The van der Waals surface area contributed by atoms with E-state index < -0.39 is 11.5 Å². The van der Waals surface area contributed by atoms with Crippen LogP contribution < -0.4 is 20.1 Å². The van der Waals surface area contributed by atoms with E-state index in [1.165, 1.54) is 0 Å². The lowest BCUT2D eigenvalue weighted by molar-refractivity contribution is -0.144. The van der Waals surface area contributed by atoms with Gasteiger partial charge in [0.25, 0.3) is 0 Å². The standard InChI is InChI=1S/C27H39N3O5S/c1-15(2)28-23(33)12-17-24-20(13-21-26(17,3)10-9-22(32)27(21,4)14-31)36-25(30-24)29-18-11-16(34-5)7-8-19(18)35-6/h7-8,11,15,17,21-22,31-32H,9-10,12-14H2,1-6H3,(H,28,33)(H,29,30)/t17-,21+,22+,26-,27-/m0/s1. The number of hydrogen-bond acceptors (Lipinski definition) is 8. The summed E-state index contributed by atoms with van der Waals surface area (Å²) in [5.74, 6) is 1.27. The molecule has 198 valence electrons. The zero-order valence-electron chi connectivity index (χ0n) is 22.1. The molecular formula is C27H39N3O5S. The number of hydrogen-bond donors (Lipinski definition) is 4. The van der Waals surface area contributed by atoms with Crippen molar-refractivity contribution in [3.05, 3.63) is 28.8 Å². The highest BCUT2D eigenvalue weighted by atomic mass is 32.1. The van der Waals surface area contributed by atoms with E-state index in [-0.39, 0.29) is 35.8 Å². The minimum atomic E-state index is -0.648. The Morgan fingerprint density at radius 1 is 1.28 bits per heavy atom. The Labute approximate surface area is 217 Å². The number of carbonyl (C=O) groups excluding carboxylic acids is 1. The second kappa shape index (κ2) is 10.2. The van der Waals surface area contributed by atoms with Gasteiger partial charge in [-0.05, 0) is 56.6 Å². The highest BCUT2D eigenvalue weighted by Gasteiger charge is 2.59. The van der Waals surface area contributed by atoms with Crippen LogP contribution in [0.15, 0.2) is 18.2 Å². The smallest absolute Gasteiger partial charge is 0.220 e. The van der Waals surface area contributed by atoms with Crippen LogP contribution in [-0.2, 0) is 11.2 Å². The summed E-state index contributed by atoms with van der Waals surface area (Å²) in [5.41, 5.74) is 0.761. The average Bonchev–Trinajstić information content (AvgIpc) is 3.24. The Hall–Kier alpha value is -2.36. The van der Waals surface area contributed by atoms with Crippen LogP contribution in [0, 0.1) is 16.7 Å². The lowest BCUT2D eigenvalue weighted by Gasteiger charge is -2.58. The van der Waals surface area contributed by atoms with Gasteiger partial charge in [0.1, 0.15) is 11.5 Å². The number of fused-ring (bicyclic) bond motifs is 2. The van der Waals surface area contributed by atoms with Crippen molar-refractivity contribution in [1.82, 2.24) is 10.3 Å². The van der Waals surface area contributed by atoms with Crippen molar-refractivity contribution in [2.24, 2.45) is 16.7 Å². The molecule has 1 saturated carbocycles. The SMILES string of the molecule is COc1ccc(OC)c(Nc2nc3c(s2)C[C@H]2[C@](C)(CO)[C@H](O)CC[C@@]2(C)[C@H]3CC(=O)NC(C)C)c1. The van der Waals surface area contributed by atoms with Crippen molar-refractivity contribution in [3.63, 3.8) is 0 Å². The number of thiazole rings is 1. The van der Waals surface area contributed by atoms with E-state index >= 15 is 0 Å². The largest absolute Gasteiger partial charge is 0.497 e. The number of ether oxygens (including phenoxy) is 2. The van der Waals surface area contributed by atoms with Crippen molar-refractivity contribution in [2.75, 3.05) is 26.1 Å². The van der Waals surface area contributed by atoms with Gasteiger partial charge in [-0.3, -0.25) is 4.79 Å². The fraction of sp³-hybridized carbons (Fsp3) is 0.630. The summed E-state index contributed by atoms with van der Waals surface area (Å²) < 4.78 is 10.9. The highest BCUT2D eigenvalue weighted by Crippen LogP contribution is 2.63. The summed E-state index contributed by atoms with van der Waals surface area (Å²) in [6, 6.07) is 5.60. The molecular weight excluding hydrogens is 478 g/mol. The molecule has 1 heterocycles. The van der Waals surface area contributed by atoms with Gasteiger partial charge in [-0.25, -0.2) is 4.98 Å². The minimum Gasteiger partial charge on any atom is -0.497 e. The van der Waals surface area contributed by atoms with Crippen LogP contribution in [-0.4, -0.2) is 54.1 Å². The van der Waals surface area contributed by atoms with E-state index in [0.717, 1.165) is 22.7 Å². The summed E-state index contributed by atoms with van der Waals surface area (Å²) in [7, 11) is 3.24. The lowest BCUT2D eigenvalue weighted by atomic mass is 9.47. The number of benzene rings is 1. The summed E-state index contributed by atoms with van der Waals surface area (Å²) in [4.78, 5) is 19.1. The van der Waals surface area contributed by atoms with Gasteiger partial charge in [-0.15, -0.1) is 11.3 Å². The number of carbonyl (C=O) groups is 1. The van der Waals surface area contributed by atoms with Gasteiger partial charge >= 0.3 is 0 Å². The monoisotopic (exact) mass is 517 g/mol. The van der Waals surface area contributed by atoms with E-state index in [9.17, 15) is 15.0 Å². The van der Waals surface area contributed by atoms with E-state index in [1.54, 1.807) is 25.6 Å². The Morgan fingerprint density at radius 3 is 2.67 bits per heavy atom. The Balaban J connectivity index is 1.76. The summed E-state index contributed by atoms with van der Waals surface area (Å²) in [5, 5.41) is 28.5. The molecule has 2 aromatic rings. The molecule has 36 heavy (non-hydrogen) atoms. The second-order valence-corrected chi connectivity index (χ2v) is 12.1. The first-order chi connectivity index (χ1) is 17.0. The number of aliphatic hydroxyl groups excluding tert-OH is 2. The number of nitrogens with zero attached hydrogens (tertiary/aromatic N) is 1. The Kier molecular flexibility index (Phi) is 7.55. The van der Waals surface area contributed by atoms with E-state index in [1.807, 2.05) is 39.0 Å². The topological polar surface area (TPSA) is 113 Å². The first kappa shape index (κ1) is 26.7. The van der Waals surface area contributed by atoms with Crippen LogP contribution in [0.5, 0.6) is 11.5 Å². The molecule has 2 aliphatic carbocycles. The van der Waals surface area contributed by atoms with Crippen LogP contribution in [0.1, 0.15) is 63.4 Å². The van der Waals surface area contributed by atoms with Crippen LogP contribution in [0.25, 0.3) is 0 Å². The van der Waals surface area contributed by atoms with Crippen LogP contribution in [0.4, 0.5) is 10.8 Å². The number of anilines is 2. The molecule has 1 aromatic carbocycles. The predicted octanol–water partition coefficient (Wildman–Crippen LogP) is 4.23. The highest BCUT2D eigenvalue weighted by molar-refractivity contribution is 7.15. The Bertz CT molecular complexity index is 1110. The molecule has 0 bridgehead atoms. The van der Waals surface area contributed by atoms with E-state index in [0.29, 0.717) is 35.9 Å². The molecule has 0 radical (unpaired) electrons. The third-order valence-corrected chi connectivity index (χ3v) is 9.39. The zero-order valence-corrected chi connectivity index (χ0v) is 22.9. The van der Waals surface area contributed by atoms with Crippen molar-refractivity contribution >= 4 is 28.1 Å². The molecule has 8 nitrogen and oxygen atoms in total. The van der Waals surface area contributed by atoms with Crippen LogP contribution >= 0.6 is 11.3 Å². The lowest BCUT2D eigenvalue weighted by Crippen LogP contribution is -2.57. The molecule has 0 saturated heterocycles. The maximum atomic E-state index is 13.0. The van der Waals surface area contributed by atoms with Gasteiger partial charge < -0.3 is 30.3 Å². The number of amides is 1. The normalized spacial score (nSPS) is 29.3. The van der Waals surface area contributed by atoms with Gasteiger partial charge in [0.2, 0.25) is 5.91 Å². The van der Waals surface area contributed by atoms with Crippen molar-refractivity contribution in [1.29, 1.82) is 0 Å². The number of aliphatic hydroxyl groups is 2. The molecule has 5 atom stereocenters. The van der Waals surface area contributed by atoms with E-state index in [2.05, 4.69) is 17.6 Å². The maximum absolute atomic E-state index is 13.0. The number of methoxy groups -OCH3 is 2. The van der Waals surface area contributed by atoms with Crippen molar-refractivity contribution in [3.8, 4) is 11.5 Å². The number of nitrogens with one attached hydrogen (secondary N) is 2. The summed E-state index contributed by atoms with van der Waals surface area (Å²) in [6.45, 7) is 8.02. The first-order valence-electron chi connectivity index (χ1n) is 12.6. The molecule has 2 aliphatic rings. The predicted molar refractivity (Wildman–Crippen MR) is 141 cm³/mol. The molecule has 1 amide bonds. The van der Waals surface area contributed by atoms with Crippen LogP contribution in [0.3, 0.4) is 0 Å². The van der Waals surface area contributed by atoms with E-state index in [4.69, 9.17) is 14.5 Å². The summed E-state index contributed by atoms with van der Waals surface area (Å²) >= 11 is 1.56. The summed E-state index contributed by atoms with van der Waals surface area (Å²) in [6.07, 6.45) is 1.81. The Morgan fingerprint density at radius 2 is 2.03 bits per heavy atom. The second-order valence-electron chi connectivity index (χ2n) is 11.0. The molecule has 0 unspecified atom stereocenters. The quantitative estimate of drug-likeness (QED) is 0.414. The van der Waals surface area contributed by atoms with Gasteiger partial charge in [-0.1, -0.05) is 13.8 Å². The fourth-order valence-corrected chi connectivity index (χ4v) is 7.37. The average molecular weight is 518 g/mol. The minimum absolute atomic E-state index is 0.00313. The maximum Gasteiger partial charge on any atom is 0.220 e.